The van der Waals surface area contributed by atoms with Crippen molar-refractivity contribution in [3.8, 4) is 5.75 Å². The molecule has 0 spiro atoms. The predicted molar refractivity (Wildman–Crippen MR) is 111 cm³/mol. The Morgan fingerprint density at radius 2 is 2.00 bits per heavy atom. The molecule has 1 aliphatic rings. The number of likely N-dealkylation sites (tertiary alicyclic amines) is 1. The summed E-state index contributed by atoms with van der Waals surface area (Å²) in [5.74, 6) is 0.541. The highest BCUT2D eigenvalue weighted by Gasteiger charge is 2.14. The van der Waals surface area contributed by atoms with Crippen molar-refractivity contribution in [1.29, 1.82) is 0 Å². The van der Waals surface area contributed by atoms with E-state index in [0.29, 0.717) is 23.6 Å². The fraction of sp³-hybridized carbons (Fsp3) is 0.364. The van der Waals surface area contributed by atoms with Crippen LogP contribution in [0.3, 0.4) is 0 Å². The summed E-state index contributed by atoms with van der Waals surface area (Å²) >= 11 is 0. The zero-order valence-corrected chi connectivity index (χ0v) is 16.4. The molecule has 28 heavy (non-hydrogen) atoms. The molecule has 2 heterocycles. The number of rotatable bonds is 6. The summed E-state index contributed by atoms with van der Waals surface area (Å²) in [6, 6.07) is 11.4. The van der Waals surface area contributed by atoms with Crippen LogP contribution < -0.4 is 10.1 Å². The maximum Gasteiger partial charge on any atom is 0.255 e. The highest BCUT2D eigenvalue weighted by molar-refractivity contribution is 6.06. The molecule has 1 saturated heterocycles. The Bertz CT molecular complexity index is 989. The highest BCUT2D eigenvalue weighted by Crippen LogP contribution is 2.27. The van der Waals surface area contributed by atoms with Crippen LogP contribution in [0.1, 0.15) is 28.8 Å². The molecule has 6 heteroatoms. The average molecular weight is 378 g/mol. The van der Waals surface area contributed by atoms with E-state index in [-0.39, 0.29) is 5.91 Å². The minimum Gasteiger partial charge on any atom is -0.490 e. The van der Waals surface area contributed by atoms with Crippen molar-refractivity contribution < 1.29 is 9.53 Å². The molecule has 6 nitrogen and oxygen atoms in total. The van der Waals surface area contributed by atoms with Gasteiger partial charge in [0.2, 0.25) is 0 Å². The zero-order valence-electron chi connectivity index (χ0n) is 16.4. The monoisotopic (exact) mass is 378 g/mol. The van der Waals surface area contributed by atoms with E-state index in [9.17, 15) is 4.79 Å². The second-order valence-electron chi connectivity index (χ2n) is 7.41. The molecule has 1 aromatic heterocycles. The predicted octanol–water partition coefficient (Wildman–Crippen LogP) is 3.61. The molecule has 146 valence electrons. The third-order valence-electron chi connectivity index (χ3n) is 5.23. The number of fused-ring (bicyclic) bond motifs is 1. The summed E-state index contributed by atoms with van der Waals surface area (Å²) in [6.45, 7) is 5.83. The van der Waals surface area contributed by atoms with Gasteiger partial charge in [0, 0.05) is 19.2 Å². The van der Waals surface area contributed by atoms with Gasteiger partial charge in [-0.25, -0.2) is 4.98 Å². The Balaban J connectivity index is 1.47. The van der Waals surface area contributed by atoms with Gasteiger partial charge in [-0.3, -0.25) is 9.69 Å². The summed E-state index contributed by atoms with van der Waals surface area (Å²) in [7, 11) is 1.94. The van der Waals surface area contributed by atoms with E-state index < -0.39 is 0 Å². The number of carbonyl (C=O) groups excluding carboxylic acids is 1. The fourth-order valence-electron chi connectivity index (χ4n) is 3.63. The second-order valence-corrected chi connectivity index (χ2v) is 7.41. The number of amides is 1. The molecule has 0 atom stereocenters. The number of imidazole rings is 1. The molecule has 0 bridgehead atoms. The lowest BCUT2D eigenvalue weighted by Gasteiger charge is -2.17. The molecule has 1 fully saturated rings. The quantitative estimate of drug-likeness (QED) is 0.712. The molecular formula is C22H26N4O2. The molecule has 4 rings (SSSR count). The summed E-state index contributed by atoms with van der Waals surface area (Å²) in [5.41, 5.74) is 4.16. The number of hydrogen-bond acceptors (Lipinski definition) is 4. The Labute approximate surface area is 165 Å². The van der Waals surface area contributed by atoms with E-state index in [1.54, 1.807) is 6.33 Å². The number of aryl methyl sites for hydroxylation is 2. The molecule has 0 aliphatic carbocycles. The van der Waals surface area contributed by atoms with Gasteiger partial charge in [-0.15, -0.1) is 0 Å². The minimum absolute atomic E-state index is 0.164. The maximum atomic E-state index is 12.8. The number of anilines is 1. The van der Waals surface area contributed by atoms with E-state index in [1.165, 1.54) is 12.8 Å². The Morgan fingerprint density at radius 3 is 2.82 bits per heavy atom. The summed E-state index contributed by atoms with van der Waals surface area (Å²) < 4.78 is 7.93. The number of benzene rings is 2. The number of nitrogens with zero attached hydrogens (tertiary/aromatic N) is 3. The van der Waals surface area contributed by atoms with Gasteiger partial charge in [0.15, 0.2) is 0 Å². The third-order valence-corrected chi connectivity index (χ3v) is 5.23. The largest absolute Gasteiger partial charge is 0.490 e. The molecule has 1 amide bonds. The van der Waals surface area contributed by atoms with Gasteiger partial charge in [-0.2, -0.15) is 0 Å². The molecular weight excluding hydrogens is 352 g/mol. The molecule has 0 radical (unpaired) electrons. The average Bonchev–Trinajstić information content (AvgIpc) is 3.33. The van der Waals surface area contributed by atoms with E-state index in [4.69, 9.17) is 4.74 Å². The number of ether oxygens (including phenoxy) is 1. The van der Waals surface area contributed by atoms with Crippen molar-refractivity contribution in [2.24, 2.45) is 7.05 Å². The molecule has 1 N–H and O–H groups in total. The Hall–Kier alpha value is -2.86. The van der Waals surface area contributed by atoms with Crippen LogP contribution in [0.15, 0.2) is 42.7 Å². The van der Waals surface area contributed by atoms with Crippen LogP contribution in [0.5, 0.6) is 5.75 Å². The van der Waals surface area contributed by atoms with E-state index in [1.807, 2.05) is 54.9 Å². The highest BCUT2D eigenvalue weighted by atomic mass is 16.5. The third kappa shape index (κ3) is 4.02. The van der Waals surface area contributed by atoms with Gasteiger partial charge in [0.05, 0.1) is 23.0 Å². The van der Waals surface area contributed by atoms with Gasteiger partial charge in [-0.1, -0.05) is 6.07 Å². The van der Waals surface area contributed by atoms with Gasteiger partial charge < -0.3 is 14.6 Å². The molecule has 1 aliphatic heterocycles. The standard InChI is InChI=1S/C22H26N4O2/c1-16-5-8-21(28-12-11-26-9-3-4-10-26)19(13-16)24-22(27)17-6-7-20-18(14-17)23-15-25(20)2/h5-8,13-15H,3-4,9-12H2,1-2H3,(H,24,27). The van der Waals surface area contributed by atoms with Crippen LogP contribution in [0.2, 0.25) is 0 Å². The number of aromatic nitrogens is 2. The van der Waals surface area contributed by atoms with Crippen molar-refractivity contribution in [3.63, 3.8) is 0 Å². The van der Waals surface area contributed by atoms with Gasteiger partial charge in [0.25, 0.3) is 5.91 Å². The van der Waals surface area contributed by atoms with Crippen molar-refractivity contribution >= 4 is 22.6 Å². The van der Waals surface area contributed by atoms with Gasteiger partial charge in [0.1, 0.15) is 12.4 Å². The van der Waals surface area contributed by atoms with Crippen LogP contribution in [-0.4, -0.2) is 46.6 Å². The Morgan fingerprint density at radius 1 is 1.18 bits per heavy atom. The first kappa shape index (κ1) is 18.5. The molecule has 2 aromatic carbocycles. The van der Waals surface area contributed by atoms with Crippen molar-refractivity contribution in [1.82, 2.24) is 14.5 Å². The fourth-order valence-corrected chi connectivity index (χ4v) is 3.63. The zero-order chi connectivity index (χ0) is 19.5. The van der Waals surface area contributed by atoms with Crippen LogP contribution in [0.4, 0.5) is 5.69 Å². The number of carbonyl (C=O) groups is 1. The van der Waals surface area contributed by atoms with E-state index >= 15 is 0 Å². The van der Waals surface area contributed by atoms with Crippen LogP contribution in [-0.2, 0) is 7.05 Å². The van der Waals surface area contributed by atoms with Crippen LogP contribution in [0, 0.1) is 6.92 Å². The maximum absolute atomic E-state index is 12.8. The number of nitrogens with one attached hydrogen (secondary N) is 1. The lowest BCUT2D eigenvalue weighted by molar-refractivity contribution is 0.102. The van der Waals surface area contributed by atoms with Crippen molar-refractivity contribution in [2.75, 3.05) is 31.6 Å². The second kappa shape index (κ2) is 8.02. The van der Waals surface area contributed by atoms with Gasteiger partial charge in [-0.05, 0) is 68.8 Å². The van der Waals surface area contributed by atoms with Crippen LogP contribution >= 0.6 is 0 Å². The number of hydrogen-bond donors (Lipinski definition) is 1. The van der Waals surface area contributed by atoms with E-state index in [2.05, 4.69) is 15.2 Å². The first-order chi connectivity index (χ1) is 13.6. The molecule has 0 unspecified atom stereocenters. The topological polar surface area (TPSA) is 59.4 Å². The summed E-state index contributed by atoms with van der Waals surface area (Å²) in [6.07, 6.45) is 4.29. The normalized spacial score (nSPS) is 14.5. The first-order valence-electron chi connectivity index (χ1n) is 9.78. The Kier molecular flexibility index (Phi) is 5.30. The lowest BCUT2D eigenvalue weighted by Crippen LogP contribution is -2.25. The first-order valence-corrected chi connectivity index (χ1v) is 9.78. The molecule has 0 saturated carbocycles. The van der Waals surface area contributed by atoms with Gasteiger partial charge >= 0.3 is 0 Å². The SMILES string of the molecule is Cc1ccc(OCCN2CCCC2)c(NC(=O)c2ccc3c(c2)ncn3C)c1. The van der Waals surface area contributed by atoms with Crippen molar-refractivity contribution in [2.45, 2.75) is 19.8 Å². The van der Waals surface area contributed by atoms with Crippen molar-refractivity contribution in [3.05, 3.63) is 53.9 Å². The molecule has 3 aromatic rings. The van der Waals surface area contributed by atoms with Crippen LogP contribution in [0.25, 0.3) is 11.0 Å². The lowest BCUT2D eigenvalue weighted by atomic mass is 10.1. The smallest absolute Gasteiger partial charge is 0.255 e. The summed E-state index contributed by atoms with van der Waals surface area (Å²) in [5, 5.41) is 3.01. The van der Waals surface area contributed by atoms with E-state index in [0.717, 1.165) is 36.2 Å². The summed E-state index contributed by atoms with van der Waals surface area (Å²) in [4.78, 5) is 19.5. The minimum atomic E-state index is -0.164.